The van der Waals surface area contributed by atoms with E-state index < -0.39 is 11.6 Å². The molecule has 2 aromatic carbocycles. The molecule has 0 aromatic heterocycles. The number of thiocarbonyl (C=S) groups is 1. The van der Waals surface area contributed by atoms with Gasteiger partial charge in [0.25, 0.3) is 0 Å². The van der Waals surface area contributed by atoms with Crippen LogP contribution in [0.1, 0.15) is 20.7 Å². The molecule has 1 saturated heterocycles. The Morgan fingerprint density at radius 1 is 0.938 bits per heavy atom. The molecule has 0 spiro atoms. The predicted molar refractivity (Wildman–Crippen MR) is 129 cm³/mol. The number of anilines is 2. The van der Waals surface area contributed by atoms with E-state index in [1.54, 1.807) is 17.0 Å². The van der Waals surface area contributed by atoms with E-state index in [0.29, 0.717) is 49.3 Å². The molecule has 1 aliphatic rings. The molecule has 7 nitrogen and oxygen atoms in total. The summed E-state index contributed by atoms with van der Waals surface area (Å²) in [5.41, 5.74) is 11.3. The molecular formula is C21H27ClF2N4O3S. The highest BCUT2D eigenvalue weighted by Crippen LogP contribution is 2.27. The lowest BCUT2D eigenvalue weighted by atomic mass is 10.1. The van der Waals surface area contributed by atoms with Crippen molar-refractivity contribution in [2.45, 2.75) is 0 Å². The normalized spacial score (nSPS) is 12.1. The largest absolute Gasteiger partial charge is 0.400 e. The number of rotatable bonds is 4. The fourth-order valence-electron chi connectivity index (χ4n) is 2.90. The number of piperazine rings is 1. The Kier molecular flexibility index (Phi) is 14.7. The lowest BCUT2D eigenvalue weighted by molar-refractivity contribution is 0.111. The molecule has 0 amide bonds. The molecule has 176 valence electrons. The topological polar surface area (TPSA) is 113 Å². The zero-order valence-corrected chi connectivity index (χ0v) is 19.4. The number of hydrogen-bond acceptors (Lipinski definition) is 7. The number of hydrogen-bond donors (Lipinski definition) is 3. The number of halogens is 3. The van der Waals surface area contributed by atoms with E-state index >= 15 is 0 Å². The molecule has 1 fully saturated rings. The van der Waals surface area contributed by atoms with Gasteiger partial charge in [0.05, 0.1) is 21.8 Å². The molecule has 0 unspecified atom stereocenters. The number of carbonyl (C=O) groups is 2. The number of aldehydes is 2. The van der Waals surface area contributed by atoms with Gasteiger partial charge < -0.3 is 26.4 Å². The zero-order valence-electron chi connectivity index (χ0n) is 17.8. The Bertz CT molecular complexity index is 882. The van der Waals surface area contributed by atoms with Crippen molar-refractivity contribution in [2.75, 3.05) is 50.1 Å². The third kappa shape index (κ3) is 7.79. The molecule has 1 aliphatic heterocycles. The monoisotopic (exact) mass is 488 g/mol. The Labute approximate surface area is 196 Å². The van der Waals surface area contributed by atoms with Crippen LogP contribution < -0.4 is 21.3 Å². The SMILES string of the molecule is CN.CO.NC=S.O=Cc1ccc(N2CCN(c3ccc(C=O)c(F)c3F)CC2)cc1Cl. The Balaban J connectivity index is 0.00000124. The highest BCUT2D eigenvalue weighted by Gasteiger charge is 2.23. The average molecular weight is 489 g/mol. The summed E-state index contributed by atoms with van der Waals surface area (Å²) in [5, 5.41) is 7.38. The van der Waals surface area contributed by atoms with Crippen LogP contribution in [0, 0.1) is 11.6 Å². The van der Waals surface area contributed by atoms with E-state index in [4.69, 9.17) is 16.7 Å². The second-order valence-corrected chi connectivity index (χ2v) is 6.53. The van der Waals surface area contributed by atoms with Crippen LogP contribution in [0.25, 0.3) is 0 Å². The van der Waals surface area contributed by atoms with Crippen LogP contribution in [0.2, 0.25) is 5.02 Å². The predicted octanol–water partition coefficient (Wildman–Crippen LogP) is 2.66. The summed E-state index contributed by atoms with van der Waals surface area (Å²) in [5.74, 6) is -2.12. The van der Waals surface area contributed by atoms with Gasteiger partial charge in [-0.2, -0.15) is 0 Å². The fourth-order valence-corrected chi connectivity index (χ4v) is 3.12. The van der Waals surface area contributed by atoms with Gasteiger partial charge in [-0.25, -0.2) is 8.78 Å². The number of aliphatic hydroxyl groups excluding tert-OH is 1. The average Bonchev–Trinajstić information content (AvgIpc) is 2.84. The molecule has 0 bridgehead atoms. The van der Waals surface area contributed by atoms with E-state index in [9.17, 15) is 18.4 Å². The summed E-state index contributed by atoms with van der Waals surface area (Å²) >= 11 is 10.1. The van der Waals surface area contributed by atoms with E-state index in [2.05, 4.69) is 28.6 Å². The van der Waals surface area contributed by atoms with Crippen LogP contribution in [0.5, 0.6) is 0 Å². The third-order valence-electron chi connectivity index (χ3n) is 4.32. The summed E-state index contributed by atoms with van der Waals surface area (Å²) in [6, 6.07) is 7.90. The van der Waals surface area contributed by atoms with Crippen molar-refractivity contribution in [2.24, 2.45) is 11.5 Å². The fraction of sp³-hybridized carbons (Fsp3) is 0.286. The van der Waals surface area contributed by atoms with Crippen molar-refractivity contribution >= 4 is 53.3 Å². The van der Waals surface area contributed by atoms with Crippen LogP contribution >= 0.6 is 23.8 Å². The standard InChI is InChI=1S/C18H15ClF2N2O2.CH3NS.CH5N.CH4O/c19-15-9-14(3-1-12(15)10-24)22-5-7-23(8-6-22)16-4-2-13(11-25)17(20)18(16)21;2-1-3;2*1-2/h1-4,9-11H,5-8H2;1H,(H2,2,3);2H2,1H3;2H,1H3. The van der Waals surface area contributed by atoms with Gasteiger partial charge in [-0.15, -0.1) is 0 Å². The minimum atomic E-state index is -1.12. The number of carbonyl (C=O) groups excluding carboxylic acids is 2. The molecule has 11 heteroatoms. The van der Waals surface area contributed by atoms with Gasteiger partial charge in [0.2, 0.25) is 0 Å². The van der Waals surface area contributed by atoms with Gasteiger partial charge in [0.1, 0.15) is 0 Å². The zero-order chi connectivity index (χ0) is 24.7. The molecule has 0 atom stereocenters. The summed E-state index contributed by atoms with van der Waals surface area (Å²) in [6.07, 6.45) is 0.997. The second-order valence-electron chi connectivity index (χ2n) is 5.85. The molecule has 2 aromatic rings. The van der Waals surface area contributed by atoms with Gasteiger partial charge >= 0.3 is 0 Å². The van der Waals surface area contributed by atoms with Gasteiger partial charge in [-0.05, 0) is 37.4 Å². The molecule has 5 N–H and O–H groups in total. The van der Waals surface area contributed by atoms with Crippen LogP contribution in [-0.2, 0) is 0 Å². The molecule has 0 radical (unpaired) electrons. The van der Waals surface area contributed by atoms with Crippen molar-refractivity contribution in [3.05, 3.63) is 58.1 Å². The van der Waals surface area contributed by atoms with Crippen molar-refractivity contribution in [1.82, 2.24) is 0 Å². The van der Waals surface area contributed by atoms with Crippen molar-refractivity contribution in [3.63, 3.8) is 0 Å². The number of benzene rings is 2. The summed E-state index contributed by atoms with van der Waals surface area (Å²) in [4.78, 5) is 25.3. The van der Waals surface area contributed by atoms with Crippen LogP contribution in [0.4, 0.5) is 20.2 Å². The van der Waals surface area contributed by atoms with Gasteiger partial charge in [-0.3, -0.25) is 9.59 Å². The lowest BCUT2D eigenvalue weighted by Crippen LogP contribution is -2.47. The number of aliphatic hydroxyl groups is 1. The van der Waals surface area contributed by atoms with E-state index in [1.165, 1.54) is 19.2 Å². The highest BCUT2D eigenvalue weighted by atomic mass is 35.5. The third-order valence-corrected chi connectivity index (χ3v) is 4.64. The first kappa shape index (κ1) is 29.3. The maximum Gasteiger partial charge on any atom is 0.182 e. The molecule has 1 heterocycles. The van der Waals surface area contributed by atoms with Gasteiger partial charge in [-0.1, -0.05) is 23.8 Å². The van der Waals surface area contributed by atoms with Crippen LogP contribution in [0.15, 0.2) is 30.3 Å². The molecule has 32 heavy (non-hydrogen) atoms. The van der Waals surface area contributed by atoms with E-state index in [0.717, 1.165) is 18.3 Å². The first-order chi connectivity index (χ1) is 15.5. The minimum absolute atomic E-state index is 0.150. The lowest BCUT2D eigenvalue weighted by Gasteiger charge is -2.37. The first-order valence-electron chi connectivity index (χ1n) is 9.32. The number of nitrogens with two attached hydrogens (primary N) is 2. The Morgan fingerprint density at radius 2 is 1.41 bits per heavy atom. The number of nitrogens with zero attached hydrogens (tertiary/aromatic N) is 2. The summed E-state index contributed by atoms with van der Waals surface area (Å²) in [6.45, 7) is 2.16. The molecular weight excluding hydrogens is 462 g/mol. The maximum absolute atomic E-state index is 14.2. The Morgan fingerprint density at radius 3 is 1.88 bits per heavy atom. The van der Waals surface area contributed by atoms with Crippen molar-refractivity contribution in [1.29, 1.82) is 0 Å². The molecule has 0 saturated carbocycles. The second kappa shape index (κ2) is 16.0. The Hall–Kier alpha value is -2.66. The highest BCUT2D eigenvalue weighted by molar-refractivity contribution is 7.78. The molecule has 0 aliphatic carbocycles. The molecule has 3 rings (SSSR count). The van der Waals surface area contributed by atoms with Crippen molar-refractivity contribution < 1.29 is 23.5 Å². The summed E-state index contributed by atoms with van der Waals surface area (Å²) < 4.78 is 27.9. The van der Waals surface area contributed by atoms with E-state index in [-0.39, 0.29) is 11.3 Å². The maximum atomic E-state index is 14.2. The first-order valence-corrected chi connectivity index (χ1v) is 10.2. The van der Waals surface area contributed by atoms with Crippen LogP contribution in [-0.4, -0.2) is 63.5 Å². The van der Waals surface area contributed by atoms with Crippen molar-refractivity contribution in [3.8, 4) is 0 Å². The quantitative estimate of drug-likeness (QED) is 0.444. The summed E-state index contributed by atoms with van der Waals surface area (Å²) in [7, 11) is 2.50. The van der Waals surface area contributed by atoms with Gasteiger partial charge in [0, 0.05) is 44.5 Å². The minimum Gasteiger partial charge on any atom is -0.400 e. The van der Waals surface area contributed by atoms with Crippen LogP contribution in [0.3, 0.4) is 0 Å². The smallest absolute Gasteiger partial charge is 0.182 e. The van der Waals surface area contributed by atoms with Gasteiger partial charge in [0.15, 0.2) is 24.2 Å². The van der Waals surface area contributed by atoms with E-state index in [1.807, 2.05) is 6.07 Å².